The van der Waals surface area contributed by atoms with Gasteiger partial charge in [-0.1, -0.05) is 36.2 Å². The summed E-state index contributed by atoms with van der Waals surface area (Å²) in [4.78, 5) is 29.3. The molecule has 0 atom stereocenters. The highest BCUT2D eigenvalue weighted by Crippen LogP contribution is 2.50. The van der Waals surface area contributed by atoms with Crippen molar-refractivity contribution in [1.29, 1.82) is 0 Å². The van der Waals surface area contributed by atoms with Gasteiger partial charge in [0.2, 0.25) is 0 Å². The lowest BCUT2D eigenvalue weighted by atomic mass is 9.71. The number of hydrogen-bond donors (Lipinski definition) is 0. The number of carbonyl (C=O) groups excluding carboxylic acids is 2. The topological polar surface area (TPSA) is 55.8 Å². The maximum absolute atomic E-state index is 13.5. The highest BCUT2D eigenvalue weighted by molar-refractivity contribution is 14.1. The lowest BCUT2D eigenvalue weighted by Crippen LogP contribution is -2.39. The molecule has 0 bridgehead atoms. The number of methoxy groups -OCH3 is 1. The summed E-state index contributed by atoms with van der Waals surface area (Å²) < 4.78 is 13.1. The molecule has 38 heavy (non-hydrogen) atoms. The van der Waals surface area contributed by atoms with Crippen LogP contribution in [0.2, 0.25) is 0 Å². The molecule has 2 aromatic rings. The number of ketones is 2. The number of nitrogens with zero attached hydrogens (tertiary/aromatic N) is 1. The van der Waals surface area contributed by atoms with Crippen LogP contribution in [0.15, 0.2) is 52.9 Å². The SMILES string of the molecule is CCCN1C2=C(C(=O)CCC2)C(c2cc(I)c(OCc3cc(C)cc(C)c3)c(OC)c2)C2=C1CCCC2=O. The fraction of sp³-hybridized carbons (Fsp3) is 0.438. The third kappa shape index (κ3) is 5.04. The number of Topliss-reactive ketones (excluding diaryl/α,β-unsaturated/α-hetero) is 2. The number of aryl methyl sites for hydroxylation is 2. The van der Waals surface area contributed by atoms with Crippen LogP contribution < -0.4 is 9.47 Å². The number of ether oxygens (including phenoxy) is 2. The zero-order valence-corrected chi connectivity index (χ0v) is 24.9. The molecule has 2 aromatic carbocycles. The van der Waals surface area contributed by atoms with Crippen LogP contribution in [0.3, 0.4) is 0 Å². The van der Waals surface area contributed by atoms with Crippen molar-refractivity contribution < 1.29 is 19.1 Å². The first-order valence-electron chi connectivity index (χ1n) is 13.7. The van der Waals surface area contributed by atoms with Crippen LogP contribution in [0, 0.1) is 17.4 Å². The zero-order valence-electron chi connectivity index (χ0n) is 22.8. The molecule has 3 aliphatic rings. The molecular formula is C32H36INO4. The lowest BCUT2D eigenvalue weighted by molar-refractivity contribution is -0.117. The van der Waals surface area contributed by atoms with Gasteiger partial charge in [0, 0.05) is 47.8 Å². The van der Waals surface area contributed by atoms with E-state index in [0.717, 1.165) is 75.9 Å². The van der Waals surface area contributed by atoms with E-state index in [2.05, 4.69) is 72.5 Å². The Hall–Kier alpha value is -2.61. The standard InChI is InChI=1S/C32H36INO4/c1-5-12-34-24-8-6-10-26(35)30(24)29(31-25(34)9-7-11-27(31)36)22-16-23(33)32(28(17-22)37-4)38-18-21-14-19(2)13-20(3)15-21/h13-17,29H,5-12,18H2,1-4H3. The largest absolute Gasteiger partial charge is 0.493 e. The Morgan fingerprint density at radius 2 is 1.50 bits per heavy atom. The van der Waals surface area contributed by atoms with Gasteiger partial charge < -0.3 is 14.4 Å². The van der Waals surface area contributed by atoms with E-state index in [-0.39, 0.29) is 17.5 Å². The van der Waals surface area contributed by atoms with Gasteiger partial charge in [-0.2, -0.15) is 0 Å². The minimum Gasteiger partial charge on any atom is -0.493 e. The smallest absolute Gasteiger partial charge is 0.174 e. The van der Waals surface area contributed by atoms with Crippen molar-refractivity contribution in [3.63, 3.8) is 0 Å². The number of halogens is 1. The minimum absolute atomic E-state index is 0.173. The van der Waals surface area contributed by atoms with Crippen molar-refractivity contribution in [2.45, 2.75) is 78.2 Å². The van der Waals surface area contributed by atoms with Crippen molar-refractivity contribution in [1.82, 2.24) is 4.90 Å². The van der Waals surface area contributed by atoms with Gasteiger partial charge >= 0.3 is 0 Å². The summed E-state index contributed by atoms with van der Waals surface area (Å²) in [6.07, 6.45) is 5.55. The van der Waals surface area contributed by atoms with Gasteiger partial charge in [-0.25, -0.2) is 0 Å². The zero-order chi connectivity index (χ0) is 27.0. The molecule has 0 unspecified atom stereocenters. The molecule has 0 amide bonds. The number of allylic oxidation sites excluding steroid dienone is 4. The van der Waals surface area contributed by atoms with E-state index in [1.165, 1.54) is 11.1 Å². The molecule has 0 fully saturated rings. The highest BCUT2D eigenvalue weighted by Gasteiger charge is 2.43. The van der Waals surface area contributed by atoms with E-state index in [0.29, 0.717) is 30.9 Å². The summed E-state index contributed by atoms with van der Waals surface area (Å²) in [6.45, 7) is 7.62. The van der Waals surface area contributed by atoms with Crippen LogP contribution >= 0.6 is 22.6 Å². The summed E-state index contributed by atoms with van der Waals surface area (Å²) in [7, 11) is 1.65. The summed E-state index contributed by atoms with van der Waals surface area (Å²) >= 11 is 2.29. The molecule has 1 heterocycles. The Balaban J connectivity index is 1.59. The Morgan fingerprint density at radius 3 is 2.05 bits per heavy atom. The molecule has 5 nitrogen and oxygen atoms in total. The van der Waals surface area contributed by atoms with E-state index in [4.69, 9.17) is 9.47 Å². The highest BCUT2D eigenvalue weighted by atomic mass is 127. The molecule has 5 rings (SSSR count). The van der Waals surface area contributed by atoms with Gasteiger partial charge in [0.1, 0.15) is 6.61 Å². The van der Waals surface area contributed by atoms with Crippen molar-refractivity contribution in [2.24, 2.45) is 0 Å². The van der Waals surface area contributed by atoms with E-state index >= 15 is 0 Å². The molecular weight excluding hydrogens is 589 g/mol. The maximum atomic E-state index is 13.5. The van der Waals surface area contributed by atoms with Crippen LogP contribution in [-0.4, -0.2) is 30.1 Å². The maximum Gasteiger partial charge on any atom is 0.174 e. The van der Waals surface area contributed by atoms with Gasteiger partial charge in [-0.15, -0.1) is 0 Å². The number of hydrogen-bond acceptors (Lipinski definition) is 5. The Morgan fingerprint density at radius 1 is 0.895 bits per heavy atom. The molecule has 0 aromatic heterocycles. The molecule has 2 aliphatic carbocycles. The van der Waals surface area contributed by atoms with E-state index in [1.54, 1.807) is 7.11 Å². The minimum atomic E-state index is -0.343. The predicted molar refractivity (Wildman–Crippen MR) is 157 cm³/mol. The third-order valence-electron chi connectivity index (χ3n) is 7.78. The van der Waals surface area contributed by atoms with Crippen LogP contribution in [0.25, 0.3) is 0 Å². The molecule has 0 saturated heterocycles. The Bertz CT molecular complexity index is 1290. The van der Waals surface area contributed by atoms with E-state index in [9.17, 15) is 9.59 Å². The van der Waals surface area contributed by atoms with Crippen LogP contribution in [0.1, 0.15) is 80.0 Å². The van der Waals surface area contributed by atoms with Crippen LogP contribution in [-0.2, 0) is 16.2 Å². The lowest BCUT2D eigenvalue weighted by Gasteiger charge is -2.44. The van der Waals surface area contributed by atoms with E-state index in [1.807, 2.05) is 6.07 Å². The average Bonchev–Trinajstić information content (AvgIpc) is 2.88. The fourth-order valence-electron chi connectivity index (χ4n) is 6.40. The third-order valence-corrected chi connectivity index (χ3v) is 8.58. The first kappa shape index (κ1) is 27.0. The second-order valence-corrected chi connectivity index (χ2v) is 11.8. The van der Waals surface area contributed by atoms with Crippen molar-refractivity contribution in [3.8, 4) is 11.5 Å². The quantitative estimate of drug-likeness (QED) is 0.302. The van der Waals surface area contributed by atoms with Crippen LogP contribution in [0.4, 0.5) is 0 Å². The van der Waals surface area contributed by atoms with Gasteiger partial charge in [0.05, 0.1) is 10.7 Å². The summed E-state index contributed by atoms with van der Waals surface area (Å²) in [5, 5.41) is 0. The molecule has 0 N–H and O–H groups in total. The molecule has 6 heteroatoms. The predicted octanol–water partition coefficient (Wildman–Crippen LogP) is 7.32. The summed E-state index contributed by atoms with van der Waals surface area (Å²) in [5.74, 6) is 1.32. The number of rotatable bonds is 7. The molecule has 0 saturated carbocycles. The molecule has 1 aliphatic heterocycles. The summed E-state index contributed by atoms with van der Waals surface area (Å²) in [6, 6.07) is 10.5. The number of carbonyl (C=O) groups is 2. The fourth-order valence-corrected chi connectivity index (χ4v) is 7.18. The van der Waals surface area contributed by atoms with E-state index < -0.39 is 0 Å². The first-order chi connectivity index (χ1) is 18.3. The van der Waals surface area contributed by atoms with Crippen molar-refractivity contribution in [2.75, 3.05) is 13.7 Å². The summed E-state index contributed by atoms with van der Waals surface area (Å²) in [5.41, 5.74) is 8.36. The molecule has 0 spiro atoms. The van der Waals surface area contributed by atoms with Gasteiger partial charge in [-0.05, 0) is 91.8 Å². The van der Waals surface area contributed by atoms with Gasteiger partial charge in [0.15, 0.2) is 23.1 Å². The average molecular weight is 626 g/mol. The monoisotopic (exact) mass is 625 g/mol. The normalized spacial score (nSPS) is 18.1. The Labute approximate surface area is 239 Å². The molecule has 0 radical (unpaired) electrons. The number of benzene rings is 2. The van der Waals surface area contributed by atoms with Gasteiger partial charge in [-0.3, -0.25) is 9.59 Å². The van der Waals surface area contributed by atoms with Crippen LogP contribution in [0.5, 0.6) is 11.5 Å². The second kappa shape index (κ2) is 11.2. The molecule has 200 valence electrons. The Kier molecular flexibility index (Phi) is 7.98. The second-order valence-electron chi connectivity index (χ2n) is 10.7. The van der Waals surface area contributed by atoms with Gasteiger partial charge in [0.25, 0.3) is 0 Å². The van der Waals surface area contributed by atoms with Crippen molar-refractivity contribution in [3.05, 3.63) is 78.7 Å². The van der Waals surface area contributed by atoms with Crippen molar-refractivity contribution >= 4 is 34.2 Å². The first-order valence-corrected chi connectivity index (χ1v) is 14.8.